The number of ether oxygens (including phenoxy) is 1. The number of thioether (sulfide) groups is 1. The van der Waals surface area contributed by atoms with Crippen LogP contribution in [-0.4, -0.2) is 94.8 Å². The molecule has 6 rings (SSSR count). The Labute approximate surface area is 246 Å². The topological polar surface area (TPSA) is 207 Å². The number of aliphatic imine (C=N–C) groups is 1. The number of piperidine rings is 1. The van der Waals surface area contributed by atoms with Crippen molar-refractivity contribution in [1.29, 1.82) is 0 Å². The number of fused-ring (bicyclic) bond motifs is 2. The second-order valence-corrected chi connectivity index (χ2v) is 12.5. The Balaban J connectivity index is 0.927. The standard InChI is InChI=1S/C26H36N12O3S/c1-26(2)19(33-18-21(36-26)34-25(28)35-23(18)39)24(40)32-14-5-7-37(8-6-14)9-10-42-11-15-3-4-16(41-15)38-13-31-17-20(27)29-12-30-22(17)38/h12-16H,3-11H2,1-2H3,(H,32,40)(H2,27,29,30)(H4,28,34,35,36,39). The van der Waals surface area contributed by atoms with Gasteiger partial charge in [-0.25, -0.2) is 19.9 Å². The van der Waals surface area contributed by atoms with Crippen LogP contribution in [0.25, 0.3) is 11.2 Å². The van der Waals surface area contributed by atoms with Gasteiger partial charge in [-0.2, -0.15) is 16.7 Å². The van der Waals surface area contributed by atoms with E-state index in [-0.39, 0.29) is 47.4 Å². The van der Waals surface area contributed by atoms with E-state index in [0.29, 0.717) is 17.0 Å². The quantitative estimate of drug-likeness (QED) is 0.231. The Kier molecular flexibility index (Phi) is 7.76. The number of anilines is 3. The SMILES string of the molecule is CC1(C)Nc2nc(N)[nH]c(=O)c2N=C1C(=O)NC1CCN(CCSCC2CCC(n3cnc4c(N)ncnc43)O2)CC1. The maximum absolute atomic E-state index is 13.2. The number of carbonyl (C=O) groups excluding carboxylic acids is 1. The first-order valence-corrected chi connectivity index (χ1v) is 15.3. The van der Waals surface area contributed by atoms with Gasteiger partial charge < -0.3 is 31.7 Å². The van der Waals surface area contributed by atoms with E-state index in [0.717, 1.165) is 56.8 Å². The molecule has 3 aliphatic heterocycles. The molecule has 0 radical (unpaired) electrons. The van der Waals surface area contributed by atoms with Crippen LogP contribution in [0.1, 0.15) is 45.8 Å². The summed E-state index contributed by atoms with van der Waals surface area (Å²) in [6.45, 7) is 6.46. The normalized spacial score (nSPS) is 22.5. The number of likely N-dealkylation sites (tertiary alicyclic amines) is 1. The van der Waals surface area contributed by atoms with Gasteiger partial charge in [0.15, 0.2) is 23.0 Å². The molecule has 224 valence electrons. The zero-order chi connectivity index (χ0) is 29.4. The lowest BCUT2D eigenvalue weighted by molar-refractivity contribution is -0.116. The summed E-state index contributed by atoms with van der Waals surface area (Å²) in [5.74, 6) is 2.32. The van der Waals surface area contributed by atoms with Crippen molar-refractivity contribution in [3.05, 3.63) is 23.0 Å². The van der Waals surface area contributed by atoms with Crippen molar-refractivity contribution in [2.75, 3.05) is 47.9 Å². The van der Waals surface area contributed by atoms with Gasteiger partial charge in [-0.1, -0.05) is 0 Å². The first-order valence-electron chi connectivity index (χ1n) is 14.1. The smallest absolute Gasteiger partial charge is 0.280 e. The number of aromatic amines is 1. The van der Waals surface area contributed by atoms with Gasteiger partial charge in [0.05, 0.1) is 18.0 Å². The molecule has 7 N–H and O–H groups in total. The molecule has 0 aromatic carbocycles. The Morgan fingerprint density at radius 2 is 2.00 bits per heavy atom. The summed E-state index contributed by atoms with van der Waals surface area (Å²) in [5, 5.41) is 6.25. The van der Waals surface area contributed by atoms with Crippen LogP contribution in [0.2, 0.25) is 0 Å². The Morgan fingerprint density at radius 3 is 2.81 bits per heavy atom. The van der Waals surface area contributed by atoms with Crippen LogP contribution >= 0.6 is 11.8 Å². The largest absolute Gasteiger partial charge is 0.382 e. The zero-order valence-electron chi connectivity index (χ0n) is 23.7. The number of imidazole rings is 1. The molecule has 6 heterocycles. The monoisotopic (exact) mass is 596 g/mol. The predicted molar refractivity (Wildman–Crippen MR) is 162 cm³/mol. The van der Waals surface area contributed by atoms with E-state index in [9.17, 15) is 9.59 Å². The molecule has 1 amide bonds. The molecular formula is C26H36N12O3S. The van der Waals surface area contributed by atoms with Crippen LogP contribution in [-0.2, 0) is 9.53 Å². The highest BCUT2D eigenvalue weighted by Gasteiger charge is 2.37. The Morgan fingerprint density at radius 1 is 1.19 bits per heavy atom. The predicted octanol–water partition coefficient (Wildman–Crippen LogP) is 1.04. The number of amides is 1. The number of nitrogens with zero attached hydrogens (tertiary/aromatic N) is 7. The molecule has 2 unspecified atom stereocenters. The van der Waals surface area contributed by atoms with E-state index in [1.807, 2.05) is 30.2 Å². The van der Waals surface area contributed by atoms with Gasteiger partial charge in [-0.05, 0) is 39.5 Å². The first kappa shape index (κ1) is 28.4. The fourth-order valence-electron chi connectivity index (χ4n) is 5.67. The second kappa shape index (κ2) is 11.5. The minimum atomic E-state index is -0.805. The van der Waals surface area contributed by atoms with Crippen molar-refractivity contribution in [3.63, 3.8) is 0 Å². The molecule has 0 saturated carbocycles. The summed E-state index contributed by atoms with van der Waals surface area (Å²) < 4.78 is 8.25. The van der Waals surface area contributed by atoms with Crippen molar-refractivity contribution in [2.24, 2.45) is 4.99 Å². The number of nitrogens with one attached hydrogen (secondary N) is 3. The zero-order valence-corrected chi connectivity index (χ0v) is 24.5. The second-order valence-electron chi connectivity index (χ2n) is 11.4. The van der Waals surface area contributed by atoms with Crippen LogP contribution in [0, 0.1) is 0 Å². The van der Waals surface area contributed by atoms with Crippen molar-refractivity contribution < 1.29 is 9.53 Å². The number of aromatic nitrogens is 6. The van der Waals surface area contributed by atoms with Gasteiger partial charge in [0.1, 0.15) is 23.8 Å². The maximum Gasteiger partial charge on any atom is 0.280 e. The van der Waals surface area contributed by atoms with E-state index >= 15 is 0 Å². The maximum atomic E-state index is 13.2. The van der Waals surface area contributed by atoms with Crippen molar-refractivity contribution >= 4 is 57.8 Å². The molecule has 3 aromatic rings. The van der Waals surface area contributed by atoms with E-state index in [4.69, 9.17) is 16.2 Å². The highest BCUT2D eigenvalue weighted by molar-refractivity contribution is 7.99. The van der Waals surface area contributed by atoms with E-state index in [2.05, 4.69) is 45.4 Å². The van der Waals surface area contributed by atoms with Crippen LogP contribution in [0.3, 0.4) is 0 Å². The molecule has 16 heteroatoms. The van der Waals surface area contributed by atoms with Crippen LogP contribution in [0.15, 0.2) is 22.4 Å². The summed E-state index contributed by atoms with van der Waals surface area (Å²) >= 11 is 1.91. The third-order valence-electron chi connectivity index (χ3n) is 7.94. The lowest BCUT2D eigenvalue weighted by atomic mass is 9.94. The average molecular weight is 597 g/mol. The number of nitrogens with two attached hydrogens (primary N) is 2. The van der Waals surface area contributed by atoms with Crippen LogP contribution in [0.5, 0.6) is 0 Å². The number of rotatable bonds is 8. The fourth-order valence-corrected chi connectivity index (χ4v) is 6.74. The molecule has 3 aromatic heterocycles. The summed E-state index contributed by atoms with van der Waals surface area (Å²) in [5.41, 5.74) is 11.9. The minimum absolute atomic E-state index is 0.00235. The molecule has 2 fully saturated rings. The number of nitrogen functional groups attached to an aromatic ring is 2. The highest BCUT2D eigenvalue weighted by atomic mass is 32.2. The third kappa shape index (κ3) is 5.78. The van der Waals surface area contributed by atoms with Gasteiger partial charge in [0.2, 0.25) is 5.95 Å². The van der Waals surface area contributed by atoms with Crippen LogP contribution < -0.4 is 27.7 Å². The number of H-pyrrole nitrogens is 1. The number of carbonyl (C=O) groups is 1. The molecular weight excluding hydrogens is 560 g/mol. The van der Waals surface area contributed by atoms with Crippen molar-refractivity contribution in [2.45, 2.75) is 63.4 Å². The Hall–Kier alpha value is -3.76. The number of hydrogen-bond acceptors (Lipinski definition) is 13. The van der Waals surface area contributed by atoms with Gasteiger partial charge in [-0.15, -0.1) is 0 Å². The summed E-state index contributed by atoms with van der Waals surface area (Å²) in [4.78, 5) is 51.5. The fraction of sp³-hybridized carbons (Fsp3) is 0.577. The molecule has 0 aliphatic carbocycles. The minimum Gasteiger partial charge on any atom is -0.382 e. The summed E-state index contributed by atoms with van der Waals surface area (Å²) in [6, 6.07) is 0.0489. The molecule has 15 nitrogen and oxygen atoms in total. The van der Waals surface area contributed by atoms with Gasteiger partial charge in [0.25, 0.3) is 11.5 Å². The van der Waals surface area contributed by atoms with Gasteiger partial charge >= 0.3 is 0 Å². The summed E-state index contributed by atoms with van der Waals surface area (Å²) in [6.07, 6.45) is 6.90. The molecule has 2 atom stereocenters. The summed E-state index contributed by atoms with van der Waals surface area (Å²) in [7, 11) is 0. The number of hydrogen-bond donors (Lipinski definition) is 5. The van der Waals surface area contributed by atoms with Gasteiger partial charge in [-0.3, -0.25) is 19.1 Å². The van der Waals surface area contributed by atoms with E-state index < -0.39 is 11.1 Å². The molecule has 0 spiro atoms. The third-order valence-corrected chi connectivity index (χ3v) is 9.01. The average Bonchev–Trinajstić information content (AvgIpc) is 3.59. The van der Waals surface area contributed by atoms with Crippen molar-refractivity contribution in [3.8, 4) is 0 Å². The lowest BCUT2D eigenvalue weighted by Gasteiger charge is -2.35. The van der Waals surface area contributed by atoms with Crippen molar-refractivity contribution in [1.82, 2.24) is 39.7 Å². The molecule has 42 heavy (non-hydrogen) atoms. The highest BCUT2D eigenvalue weighted by Crippen LogP contribution is 2.33. The van der Waals surface area contributed by atoms with Crippen LogP contribution in [0.4, 0.5) is 23.3 Å². The Bertz CT molecular complexity index is 1560. The van der Waals surface area contributed by atoms with Gasteiger partial charge in [0, 0.05) is 37.2 Å². The lowest BCUT2D eigenvalue weighted by Crippen LogP contribution is -2.54. The molecule has 2 saturated heterocycles. The molecule has 3 aliphatic rings. The van der Waals surface area contributed by atoms with E-state index in [1.54, 1.807) is 6.33 Å². The molecule has 0 bridgehead atoms. The first-order chi connectivity index (χ1) is 20.2. The van der Waals surface area contributed by atoms with E-state index in [1.165, 1.54) is 6.33 Å².